The van der Waals surface area contributed by atoms with Gasteiger partial charge >= 0.3 is 0 Å². The zero-order chi connectivity index (χ0) is 13.9. The Bertz CT molecular complexity index is 569. The number of hydrogen-bond acceptors (Lipinski definition) is 5. The van der Waals surface area contributed by atoms with E-state index in [4.69, 9.17) is 10.9 Å². The lowest BCUT2D eigenvalue weighted by atomic mass is 10.2. The van der Waals surface area contributed by atoms with Gasteiger partial charge in [-0.25, -0.2) is 13.6 Å². The van der Waals surface area contributed by atoms with Gasteiger partial charge in [0.2, 0.25) is 15.9 Å². The molecule has 1 amide bonds. The first-order chi connectivity index (χ1) is 8.25. The summed E-state index contributed by atoms with van der Waals surface area (Å²) in [5, 5.41) is 10.3. The zero-order valence-corrected chi connectivity index (χ0v) is 11.0. The van der Waals surface area contributed by atoms with Crippen LogP contribution in [0, 0.1) is 6.92 Å². The van der Waals surface area contributed by atoms with Crippen molar-refractivity contribution >= 4 is 27.3 Å². The first-order valence-corrected chi connectivity index (χ1v) is 6.67. The number of anilines is 2. The number of likely N-dealkylation sites (N-methyl/N-ethyl adjacent to an activating group) is 1. The smallest absolute Gasteiger partial charge is 0.239 e. The van der Waals surface area contributed by atoms with Crippen molar-refractivity contribution in [1.29, 1.82) is 0 Å². The van der Waals surface area contributed by atoms with Crippen LogP contribution in [0.25, 0.3) is 0 Å². The van der Waals surface area contributed by atoms with Crippen molar-refractivity contribution in [2.75, 3.05) is 24.6 Å². The van der Waals surface area contributed by atoms with Crippen LogP contribution < -0.4 is 21.5 Å². The van der Waals surface area contributed by atoms with E-state index in [9.17, 15) is 13.2 Å². The molecule has 0 aliphatic rings. The SMILES string of the molecule is CNC(=O)CNc1cc(N)cc(S(N)(=O)=O)c1C. The molecule has 1 rings (SSSR count). The van der Waals surface area contributed by atoms with E-state index in [0.717, 1.165) is 0 Å². The molecule has 1 aromatic carbocycles. The van der Waals surface area contributed by atoms with Crippen LogP contribution in [0.15, 0.2) is 17.0 Å². The average Bonchev–Trinajstić information content (AvgIpc) is 2.27. The van der Waals surface area contributed by atoms with Gasteiger partial charge in [-0.1, -0.05) is 0 Å². The lowest BCUT2D eigenvalue weighted by molar-refractivity contribution is -0.118. The summed E-state index contributed by atoms with van der Waals surface area (Å²) < 4.78 is 22.7. The van der Waals surface area contributed by atoms with Gasteiger partial charge in [-0.2, -0.15) is 0 Å². The molecule has 0 spiro atoms. The molecule has 0 saturated heterocycles. The van der Waals surface area contributed by atoms with Gasteiger partial charge in [-0.3, -0.25) is 4.79 Å². The minimum atomic E-state index is -3.84. The molecule has 100 valence electrons. The topological polar surface area (TPSA) is 127 Å². The Morgan fingerprint density at radius 1 is 1.39 bits per heavy atom. The molecule has 7 nitrogen and oxygen atoms in total. The van der Waals surface area contributed by atoms with Crippen molar-refractivity contribution in [2.24, 2.45) is 5.14 Å². The van der Waals surface area contributed by atoms with Crippen LogP contribution in [-0.2, 0) is 14.8 Å². The number of benzene rings is 1. The standard InChI is InChI=1S/C10H16N4O3S/c1-6-8(14-5-10(15)13-2)3-7(11)4-9(6)18(12,16)17/h3-4,14H,5,11H2,1-2H3,(H,13,15)(H2,12,16,17). The lowest BCUT2D eigenvalue weighted by Crippen LogP contribution is -2.26. The van der Waals surface area contributed by atoms with Crippen LogP contribution >= 0.6 is 0 Å². The van der Waals surface area contributed by atoms with E-state index < -0.39 is 10.0 Å². The summed E-state index contributed by atoms with van der Waals surface area (Å²) in [6.07, 6.45) is 0. The van der Waals surface area contributed by atoms with E-state index in [1.807, 2.05) is 0 Å². The number of primary sulfonamides is 1. The summed E-state index contributed by atoms with van der Waals surface area (Å²) in [6.45, 7) is 1.61. The Hall–Kier alpha value is -1.80. The molecule has 0 atom stereocenters. The number of rotatable bonds is 4. The van der Waals surface area contributed by atoms with Crippen LogP contribution in [0.5, 0.6) is 0 Å². The van der Waals surface area contributed by atoms with Gasteiger partial charge in [0.05, 0.1) is 11.4 Å². The largest absolute Gasteiger partial charge is 0.399 e. The monoisotopic (exact) mass is 272 g/mol. The molecule has 0 aliphatic carbocycles. The van der Waals surface area contributed by atoms with E-state index >= 15 is 0 Å². The number of amides is 1. The van der Waals surface area contributed by atoms with Crippen molar-refractivity contribution in [3.8, 4) is 0 Å². The summed E-state index contributed by atoms with van der Waals surface area (Å²) in [5.74, 6) is -0.228. The second-order valence-electron chi connectivity index (χ2n) is 3.76. The second-order valence-corrected chi connectivity index (χ2v) is 5.29. The molecule has 0 radical (unpaired) electrons. The van der Waals surface area contributed by atoms with E-state index in [-0.39, 0.29) is 23.0 Å². The summed E-state index contributed by atoms with van der Waals surface area (Å²) in [5.41, 5.74) is 6.74. The Labute approximate surface area is 106 Å². The molecule has 0 fully saturated rings. The predicted molar refractivity (Wildman–Crippen MR) is 69.5 cm³/mol. The van der Waals surface area contributed by atoms with Gasteiger partial charge in [0.15, 0.2) is 0 Å². The Morgan fingerprint density at radius 2 is 2.00 bits per heavy atom. The molecule has 0 aliphatic heterocycles. The minimum Gasteiger partial charge on any atom is -0.399 e. The number of nitrogen functional groups attached to an aromatic ring is 1. The van der Waals surface area contributed by atoms with Crippen LogP contribution in [0.3, 0.4) is 0 Å². The summed E-state index contributed by atoms with van der Waals surface area (Å²) in [6, 6.07) is 2.84. The number of sulfonamides is 1. The molecular weight excluding hydrogens is 256 g/mol. The lowest BCUT2D eigenvalue weighted by Gasteiger charge is -2.13. The molecule has 8 heteroatoms. The Balaban J connectivity index is 3.14. The zero-order valence-electron chi connectivity index (χ0n) is 10.1. The fraction of sp³-hybridized carbons (Fsp3) is 0.300. The van der Waals surface area contributed by atoms with E-state index in [0.29, 0.717) is 11.3 Å². The van der Waals surface area contributed by atoms with Gasteiger partial charge in [-0.15, -0.1) is 0 Å². The van der Waals surface area contributed by atoms with Crippen LogP contribution in [-0.4, -0.2) is 27.9 Å². The highest BCUT2D eigenvalue weighted by Crippen LogP contribution is 2.25. The summed E-state index contributed by atoms with van der Waals surface area (Å²) in [4.78, 5) is 11.1. The van der Waals surface area contributed by atoms with Crippen molar-refractivity contribution in [2.45, 2.75) is 11.8 Å². The molecule has 0 saturated carbocycles. The van der Waals surface area contributed by atoms with Crippen LogP contribution in [0.4, 0.5) is 11.4 Å². The van der Waals surface area contributed by atoms with Crippen molar-refractivity contribution in [3.63, 3.8) is 0 Å². The fourth-order valence-electron chi connectivity index (χ4n) is 1.45. The summed E-state index contributed by atoms with van der Waals surface area (Å²) >= 11 is 0. The van der Waals surface area contributed by atoms with Crippen molar-refractivity contribution in [1.82, 2.24) is 5.32 Å². The predicted octanol–water partition coefficient (Wildman–Crippen LogP) is -0.617. The van der Waals surface area contributed by atoms with Gasteiger partial charge in [0.1, 0.15) is 0 Å². The van der Waals surface area contributed by atoms with Crippen molar-refractivity contribution in [3.05, 3.63) is 17.7 Å². The molecule has 0 aromatic heterocycles. The quantitative estimate of drug-likeness (QED) is 0.543. The third-order valence-corrected chi connectivity index (χ3v) is 3.44. The molecule has 0 heterocycles. The third kappa shape index (κ3) is 3.34. The number of carbonyl (C=O) groups is 1. The number of nitrogens with two attached hydrogens (primary N) is 2. The number of nitrogens with one attached hydrogen (secondary N) is 2. The highest BCUT2D eigenvalue weighted by Gasteiger charge is 2.15. The minimum absolute atomic E-state index is 0.0187. The second kappa shape index (κ2) is 5.23. The van der Waals surface area contributed by atoms with E-state index in [1.54, 1.807) is 13.0 Å². The highest BCUT2D eigenvalue weighted by molar-refractivity contribution is 7.89. The van der Waals surface area contributed by atoms with Gasteiger partial charge in [0.25, 0.3) is 0 Å². The summed E-state index contributed by atoms with van der Waals surface area (Å²) in [7, 11) is -2.34. The van der Waals surface area contributed by atoms with Gasteiger partial charge in [0, 0.05) is 18.4 Å². The molecule has 0 unspecified atom stereocenters. The van der Waals surface area contributed by atoms with Gasteiger partial charge < -0.3 is 16.4 Å². The number of hydrogen-bond donors (Lipinski definition) is 4. The first-order valence-electron chi connectivity index (χ1n) is 5.13. The van der Waals surface area contributed by atoms with E-state index in [2.05, 4.69) is 10.6 Å². The fourth-order valence-corrected chi connectivity index (χ4v) is 2.29. The molecule has 18 heavy (non-hydrogen) atoms. The van der Waals surface area contributed by atoms with E-state index in [1.165, 1.54) is 13.1 Å². The van der Waals surface area contributed by atoms with Crippen LogP contribution in [0.1, 0.15) is 5.56 Å². The normalized spacial score (nSPS) is 11.1. The van der Waals surface area contributed by atoms with Gasteiger partial charge in [-0.05, 0) is 24.6 Å². The molecule has 1 aromatic rings. The molecule has 6 N–H and O–H groups in total. The highest BCUT2D eigenvalue weighted by atomic mass is 32.2. The maximum atomic E-state index is 11.4. The Kier molecular flexibility index (Phi) is 4.15. The molecular formula is C10H16N4O3S. The van der Waals surface area contributed by atoms with Crippen molar-refractivity contribution < 1.29 is 13.2 Å². The van der Waals surface area contributed by atoms with Crippen LogP contribution in [0.2, 0.25) is 0 Å². The molecule has 0 bridgehead atoms. The maximum absolute atomic E-state index is 11.4. The average molecular weight is 272 g/mol. The maximum Gasteiger partial charge on any atom is 0.239 e. The number of carbonyl (C=O) groups excluding carboxylic acids is 1. The Morgan fingerprint density at radius 3 is 2.50 bits per heavy atom. The first kappa shape index (κ1) is 14.3. The third-order valence-electron chi connectivity index (χ3n) is 2.41.